The van der Waals surface area contributed by atoms with Gasteiger partial charge in [0.1, 0.15) is 11.0 Å². The van der Waals surface area contributed by atoms with Crippen molar-refractivity contribution in [2.45, 2.75) is 46.6 Å². The number of para-hydroxylation sites is 1. The Kier molecular flexibility index (Phi) is 7.50. The number of aromatic nitrogens is 3. The first kappa shape index (κ1) is 22.3. The number of hydrogen-bond donors (Lipinski definition) is 2. The summed E-state index contributed by atoms with van der Waals surface area (Å²) in [7, 11) is 1.94. The Balaban J connectivity index is 1.63. The lowest BCUT2D eigenvalue weighted by Crippen LogP contribution is -2.10. The predicted molar refractivity (Wildman–Crippen MR) is 125 cm³/mol. The summed E-state index contributed by atoms with van der Waals surface area (Å²) in [4.78, 5) is 14.5. The monoisotopic (exact) mass is 445 g/mol. The summed E-state index contributed by atoms with van der Waals surface area (Å²) < 4.78 is 5.85. The summed E-state index contributed by atoms with van der Waals surface area (Å²) in [6.07, 6.45) is 0.843. The van der Waals surface area contributed by atoms with Gasteiger partial charge in [-0.15, -0.1) is 11.3 Å². The molecule has 1 atom stereocenters. The van der Waals surface area contributed by atoms with Crippen molar-refractivity contribution in [3.63, 3.8) is 0 Å². The van der Waals surface area contributed by atoms with E-state index in [1.807, 2.05) is 33.9 Å². The van der Waals surface area contributed by atoms with E-state index >= 15 is 0 Å². The highest BCUT2D eigenvalue weighted by molar-refractivity contribution is 7.11. The number of halogens is 1. The summed E-state index contributed by atoms with van der Waals surface area (Å²) in [5, 5.41) is 8.05. The van der Waals surface area contributed by atoms with Crippen molar-refractivity contribution in [3.8, 4) is 6.01 Å². The number of rotatable bonds is 9. The van der Waals surface area contributed by atoms with E-state index in [4.69, 9.17) is 16.3 Å². The molecular weight excluding hydrogens is 418 g/mol. The fourth-order valence-electron chi connectivity index (χ4n) is 3.25. The lowest BCUT2D eigenvalue weighted by Gasteiger charge is -2.16. The van der Waals surface area contributed by atoms with Crippen LogP contribution in [-0.4, -0.2) is 28.6 Å². The number of hydrogen-bond acceptors (Lipinski definition) is 7. The SMILES string of the molecule is CNc1ccccc1C(C)CCOc1nc(Cl)c(C)c(NCc2sc(C)nc2C)n1. The Bertz CT molecular complexity index is 1010. The van der Waals surface area contributed by atoms with Crippen molar-refractivity contribution in [2.75, 3.05) is 24.3 Å². The molecule has 2 N–H and O–H groups in total. The minimum absolute atomic E-state index is 0.291. The van der Waals surface area contributed by atoms with E-state index in [1.165, 1.54) is 10.4 Å². The molecule has 2 aromatic heterocycles. The van der Waals surface area contributed by atoms with Gasteiger partial charge in [0.15, 0.2) is 0 Å². The molecule has 0 radical (unpaired) electrons. The molecule has 0 aliphatic carbocycles. The topological polar surface area (TPSA) is 72.0 Å². The molecule has 0 bridgehead atoms. The number of nitrogens with zero attached hydrogens (tertiary/aromatic N) is 3. The number of thiazole rings is 1. The van der Waals surface area contributed by atoms with E-state index in [-0.39, 0.29) is 0 Å². The summed E-state index contributed by atoms with van der Waals surface area (Å²) in [6.45, 7) is 9.26. The lowest BCUT2D eigenvalue weighted by atomic mass is 9.96. The molecule has 0 spiro atoms. The zero-order valence-electron chi connectivity index (χ0n) is 18.0. The van der Waals surface area contributed by atoms with Crippen LogP contribution in [0, 0.1) is 20.8 Å². The summed E-state index contributed by atoms with van der Waals surface area (Å²) in [6, 6.07) is 8.60. The highest BCUT2D eigenvalue weighted by atomic mass is 35.5. The second-order valence-corrected chi connectivity index (χ2v) is 8.89. The molecule has 0 aliphatic rings. The van der Waals surface area contributed by atoms with Gasteiger partial charge >= 0.3 is 6.01 Å². The fraction of sp³-hybridized carbons (Fsp3) is 0.409. The van der Waals surface area contributed by atoms with E-state index in [0.29, 0.717) is 36.1 Å². The summed E-state index contributed by atoms with van der Waals surface area (Å²) in [5.41, 5.74) is 4.25. The van der Waals surface area contributed by atoms with Gasteiger partial charge in [-0.05, 0) is 44.7 Å². The van der Waals surface area contributed by atoms with Gasteiger partial charge in [-0.3, -0.25) is 0 Å². The van der Waals surface area contributed by atoms with Crippen LogP contribution in [0.25, 0.3) is 0 Å². The van der Waals surface area contributed by atoms with E-state index in [2.05, 4.69) is 50.7 Å². The van der Waals surface area contributed by atoms with Crippen molar-refractivity contribution < 1.29 is 4.74 Å². The number of ether oxygens (including phenoxy) is 1. The Morgan fingerprint density at radius 2 is 1.90 bits per heavy atom. The Morgan fingerprint density at radius 3 is 2.60 bits per heavy atom. The highest BCUT2D eigenvalue weighted by Gasteiger charge is 2.14. The maximum absolute atomic E-state index is 6.32. The molecule has 0 amide bonds. The molecule has 1 aromatic carbocycles. The van der Waals surface area contributed by atoms with Crippen LogP contribution in [0.5, 0.6) is 6.01 Å². The Hall–Kier alpha value is -2.38. The summed E-state index contributed by atoms with van der Waals surface area (Å²) in [5.74, 6) is 1.02. The molecular formula is C22H28ClN5OS. The lowest BCUT2D eigenvalue weighted by molar-refractivity contribution is 0.278. The second-order valence-electron chi connectivity index (χ2n) is 7.24. The van der Waals surface area contributed by atoms with Crippen molar-refractivity contribution in [3.05, 3.63) is 56.1 Å². The van der Waals surface area contributed by atoms with E-state index in [9.17, 15) is 0 Å². The molecule has 30 heavy (non-hydrogen) atoms. The molecule has 3 rings (SSSR count). The minimum atomic E-state index is 0.291. The Labute approximate surface area is 187 Å². The molecule has 160 valence electrons. The van der Waals surface area contributed by atoms with Crippen LogP contribution in [0.3, 0.4) is 0 Å². The highest BCUT2D eigenvalue weighted by Crippen LogP contribution is 2.28. The molecule has 0 aliphatic heterocycles. The van der Waals surface area contributed by atoms with Crippen LogP contribution in [0.1, 0.15) is 46.0 Å². The normalized spacial score (nSPS) is 11.9. The molecule has 0 fully saturated rings. The van der Waals surface area contributed by atoms with Crippen LogP contribution in [0.4, 0.5) is 11.5 Å². The van der Waals surface area contributed by atoms with Crippen LogP contribution in [0.2, 0.25) is 5.15 Å². The fourth-order valence-corrected chi connectivity index (χ4v) is 4.28. The smallest absolute Gasteiger partial charge is 0.319 e. The largest absolute Gasteiger partial charge is 0.463 e. The summed E-state index contributed by atoms with van der Waals surface area (Å²) >= 11 is 8.00. The first-order chi connectivity index (χ1) is 14.4. The van der Waals surface area contributed by atoms with Gasteiger partial charge < -0.3 is 15.4 Å². The number of aryl methyl sites for hydroxylation is 2. The van der Waals surface area contributed by atoms with Gasteiger partial charge in [0, 0.05) is 23.2 Å². The van der Waals surface area contributed by atoms with Crippen molar-refractivity contribution in [1.82, 2.24) is 15.0 Å². The van der Waals surface area contributed by atoms with Gasteiger partial charge in [-0.2, -0.15) is 9.97 Å². The number of benzene rings is 1. The Morgan fingerprint density at radius 1 is 1.13 bits per heavy atom. The predicted octanol–water partition coefficient (Wildman–Crippen LogP) is 5.74. The van der Waals surface area contributed by atoms with Gasteiger partial charge in [0.25, 0.3) is 0 Å². The molecule has 6 nitrogen and oxygen atoms in total. The zero-order chi connectivity index (χ0) is 21.7. The molecule has 0 saturated heterocycles. The third-order valence-electron chi connectivity index (χ3n) is 5.02. The van der Waals surface area contributed by atoms with E-state index < -0.39 is 0 Å². The maximum Gasteiger partial charge on any atom is 0.319 e. The first-order valence-corrected chi connectivity index (χ1v) is 11.2. The van der Waals surface area contributed by atoms with Crippen molar-refractivity contribution >= 4 is 34.4 Å². The average molecular weight is 446 g/mol. The van der Waals surface area contributed by atoms with Gasteiger partial charge in [0.2, 0.25) is 0 Å². The van der Waals surface area contributed by atoms with Crippen LogP contribution in [-0.2, 0) is 6.54 Å². The number of nitrogens with one attached hydrogen (secondary N) is 2. The molecule has 1 unspecified atom stereocenters. The van der Waals surface area contributed by atoms with E-state index in [1.54, 1.807) is 11.3 Å². The van der Waals surface area contributed by atoms with Gasteiger partial charge in [-0.1, -0.05) is 36.7 Å². The molecule has 2 heterocycles. The zero-order valence-corrected chi connectivity index (χ0v) is 19.6. The first-order valence-electron chi connectivity index (χ1n) is 9.99. The van der Waals surface area contributed by atoms with Crippen LogP contribution >= 0.6 is 22.9 Å². The van der Waals surface area contributed by atoms with Gasteiger partial charge in [-0.25, -0.2) is 4.98 Å². The van der Waals surface area contributed by atoms with Crippen LogP contribution in [0.15, 0.2) is 24.3 Å². The van der Waals surface area contributed by atoms with Crippen molar-refractivity contribution in [2.24, 2.45) is 0 Å². The third kappa shape index (κ3) is 5.40. The number of anilines is 2. The van der Waals surface area contributed by atoms with Gasteiger partial charge in [0.05, 0.1) is 23.9 Å². The maximum atomic E-state index is 6.32. The second kappa shape index (κ2) is 10.1. The quantitative estimate of drug-likeness (QED) is 0.409. The van der Waals surface area contributed by atoms with Crippen molar-refractivity contribution in [1.29, 1.82) is 0 Å². The standard InChI is InChI=1S/C22H28ClN5OS/c1-13(17-8-6-7-9-18(17)24-5)10-11-29-22-27-20(23)14(2)21(28-22)25-12-19-15(3)26-16(4)30-19/h6-9,13,24H,10-12H2,1-5H3,(H,25,27,28). The molecule has 0 saturated carbocycles. The van der Waals surface area contributed by atoms with Crippen LogP contribution < -0.4 is 15.4 Å². The molecule has 3 aromatic rings. The average Bonchev–Trinajstić information content (AvgIpc) is 3.06. The molecule has 8 heteroatoms. The van der Waals surface area contributed by atoms with E-state index in [0.717, 1.165) is 28.4 Å². The third-order valence-corrected chi connectivity index (χ3v) is 6.47. The minimum Gasteiger partial charge on any atom is -0.463 e.